The monoisotopic (exact) mass is 229 g/mol. The summed E-state index contributed by atoms with van der Waals surface area (Å²) in [5.41, 5.74) is 2.23. The fourth-order valence-electron chi connectivity index (χ4n) is 2.20. The summed E-state index contributed by atoms with van der Waals surface area (Å²) in [6.45, 7) is 4.63. The molecule has 1 saturated heterocycles. The molecule has 0 amide bonds. The summed E-state index contributed by atoms with van der Waals surface area (Å²) in [6, 6.07) is 10.3. The molecule has 1 aliphatic rings. The Labute approximate surface area is 103 Å². The second-order valence-electron chi connectivity index (χ2n) is 4.51. The van der Waals surface area contributed by atoms with Crippen LogP contribution in [0.2, 0.25) is 0 Å². The third-order valence-electron chi connectivity index (χ3n) is 3.19. The normalized spacial score (nSPS) is 15.7. The first-order valence-corrected chi connectivity index (χ1v) is 6.30. The zero-order chi connectivity index (χ0) is 11.9. The van der Waals surface area contributed by atoms with Crippen LogP contribution in [0.5, 0.6) is 0 Å². The van der Waals surface area contributed by atoms with E-state index >= 15 is 0 Å². The topological polar surface area (TPSA) is 39.1 Å². The van der Waals surface area contributed by atoms with Crippen LogP contribution in [0, 0.1) is 11.3 Å². The van der Waals surface area contributed by atoms with E-state index < -0.39 is 0 Å². The van der Waals surface area contributed by atoms with Gasteiger partial charge in [0.2, 0.25) is 0 Å². The Morgan fingerprint density at radius 1 is 1.18 bits per heavy atom. The van der Waals surface area contributed by atoms with Gasteiger partial charge in [-0.1, -0.05) is 12.1 Å². The molecule has 3 nitrogen and oxygen atoms in total. The first-order valence-electron chi connectivity index (χ1n) is 6.30. The van der Waals surface area contributed by atoms with Crippen LogP contribution in [0.1, 0.15) is 18.4 Å². The summed E-state index contributed by atoms with van der Waals surface area (Å²) in [7, 11) is 0. The largest absolute Gasteiger partial charge is 0.384 e. The molecule has 1 N–H and O–H groups in total. The van der Waals surface area contributed by atoms with Crippen LogP contribution in [0.25, 0.3) is 0 Å². The van der Waals surface area contributed by atoms with Gasteiger partial charge in [-0.25, -0.2) is 0 Å². The Kier molecular flexibility index (Phi) is 4.40. The Balaban J connectivity index is 1.73. The van der Waals surface area contributed by atoms with Crippen molar-refractivity contribution >= 4 is 5.69 Å². The molecule has 0 aromatic heterocycles. The number of hydrogen-bond donors (Lipinski definition) is 1. The standard InChI is InChI=1S/C14H19N3/c15-8-7-13-3-5-14(6-4-13)16-9-12-17-10-1-2-11-17/h3-6,16H,1-2,7,9-12H2. The van der Waals surface area contributed by atoms with Crippen molar-refractivity contribution in [3.05, 3.63) is 29.8 Å². The Morgan fingerprint density at radius 3 is 2.53 bits per heavy atom. The van der Waals surface area contributed by atoms with Gasteiger partial charge in [0.1, 0.15) is 0 Å². The van der Waals surface area contributed by atoms with Crippen molar-refractivity contribution in [3.63, 3.8) is 0 Å². The molecule has 2 rings (SSSR count). The van der Waals surface area contributed by atoms with Crippen LogP contribution in [-0.2, 0) is 6.42 Å². The number of anilines is 1. The van der Waals surface area contributed by atoms with E-state index in [-0.39, 0.29) is 0 Å². The minimum Gasteiger partial charge on any atom is -0.384 e. The number of likely N-dealkylation sites (tertiary alicyclic amines) is 1. The molecule has 0 radical (unpaired) electrons. The second kappa shape index (κ2) is 6.27. The van der Waals surface area contributed by atoms with Gasteiger partial charge in [-0.15, -0.1) is 0 Å². The predicted molar refractivity (Wildman–Crippen MR) is 69.9 cm³/mol. The molecule has 3 heteroatoms. The van der Waals surface area contributed by atoms with Crippen LogP contribution < -0.4 is 5.32 Å². The maximum Gasteiger partial charge on any atom is 0.0669 e. The number of nitrogens with one attached hydrogen (secondary N) is 1. The van der Waals surface area contributed by atoms with E-state index in [9.17, 15) is 0 Å². The summed E-state index contributed by atoms with van der Waals surface area (Å²) in [5.74, 6) is 0. The van der Waals surface area contributed by atoms with Crippen molar-refractivity contribution in [1.82, 2.24) is 4.90 Å². The maximum absolute atomic E-state index is 8.58. The van der Waals surface area contributed by atoms with Gasteiger partial charge in [-0.05, 0) is 43.6 Å². The van der Waals surface area contributed by atoms with Crippen molar-refractivity contribution in [2.75, 3.05) is 31.5 Å². The Hall–Kier alpha value is -1.53. The summed E-state index contributed by atoms with van der Waals surface area (Å²) in [5, 5.41) is 12.0. The van der Waals surface area contributed by atoms with Crippen molar-refractivity contribution in [1.29, 1.82) is 5.26 Å². The molecule has 1 fully saturated rings. The molecule has 0 bridgehead atoms. The molecule has 0 unspecified atom stereocenters. The highest BCUT2D eigenvalue weighted by molar-refractivity contribution is 5.44. The fourth-order valence-corrected chi connectivity index (χ4v) is 2.20. The lowest BCUT2D eigenvalue weighted by Crippen LogP contribution is -2.25. The molecular formula is C14H19N3. The maximum atomic E-state index is 8.58. The predicted octanol–water partition coefficient (Wildman–Crippen LogP) is 2.26. The van der Waals surface area contributed by atoms with Crippen LogP contribution in [0.3, 0.4) is 0 Å². The van der Waals surface area contributed by atoms with Crippen LogP contribution >= 0.6 is 0 Å². The zero-order valence-corrected chi connectivity index (χ0v) is 10.2. The molecule has 1 aromatic carbocycles. The minimum atomic E-state index is 0.494. The molecule has 1 aliphatic heterocycles. The van der Waals surface area contributed by atoms with Crippen molar-refractivity contribution in [3.8, 4) is 6.07 Å². The van der Waals surface area contributed by atoms with Gasteiger partial charge in [0.15, 0.2) is 0 Å². The van der Waals surface area contributed by atoms with Crippen LogP contribution in [0.15, 0.2) is 24.3 Å². The van der Waals surface area contributed by atoms with E-state index in [2.05, 4.69) is 28.4 Å². The molecule has 90 valence electrons. The molecule has 1 aromatic rings. The van der Waals surface area contributed by atoms with Gasteiger partial charge in [-0.3, -0.25) is 0 Å². The average molecular weight is 229 g/mol. The highest BCUT2D eigenvalue weighted by Gasteiger charge is 2.09. The molecule has 0 saturated carbocycles. The number of rotatable bonds is 5. The molecular weight excluding hydrogens is 210 g/mol. The quantitative estimate of drug-likeness (QED) is 0.841. The van der Waals surface area contributed by atoms with Gasteiger partial charge >= 0.3 is 0 Å². The van der Waals surface area contributed by atoms with E-state index in [1.54, 1.807) is 0 Å². The second-order valence-corrected chi connectivity index (χ2v) is 4.51. The first-order chi connectivity index (χ1) is 8.38. The van der Waals surface area contributed by atoms with E-state index in [0.29, 0.717) is 6.42 Å². The summed E-state index contributed by atoms with van der Waals surface area (Å²) >= 11 is 0. The number of benzene rings is 1. The summed E-state index contributed by atoms with van der Waals surface area (Å²) in [6.07, 6.45) is 3.19. The smallest absolute Gasteiger partial charge is 0.0669 e. The Morgan fingerprint density at radius 2 is 1.88 bits per heavy atom. The van der Waals surface area contributed by atoms with Crippen LogP contribution in [-0.4, -0.2) is 31.1 Å². The highest BCUT2D eigenvalue weighted by Crippen LogP contribution is 2.10. The highest BCUT2D eigenvalue weighted by atomic mass is 15.1. The lowest BCUT2D eigenvalue weighted by molar-refractivity contribution is 0.352. The van der Waals surface area contributed by atoms with E-state index in [0.717, 1.165) is 24.3 Å². The molecule has 0 atom stereocenters. The van der Waals surface area contributed by atoms with Crippen LogP contribution in [0.4, 0.5) is 5.69 Å². The van der Waals surface area contributed by atoms with Gasteiger partial charge in [0, 0.05) is 18.8 Å². The SMILES string of the molecule is N#CCc1ccc(NCCN2CCCC2)cc1. The third-order valence-corrected chi connectivity index (χ3v) is 3.19. The third kappa shape index (κ3) is 3.76. The van der Waals surface area contributed by atoms with E-state index in [1.165, 1.54) is 25.9 Å². The van der Waals surface area contributed by atoms with Gasteiger partial charge in [0.25, 0.3) is 0 Å². The lowest BCUT2D eigenvalue weighted by Gasteiger charge is -2.15. The number of nitriles is 1. The van der Waals surface area contributed by atoms with Crippen molar-refractivity contribution < 1.29 is 0 Å². The average Bonchev–Trinajstić information content (AvgIpc) is 2.85. The molecule has 0 spiro atoms. The van der Waals surface area contributed by atoms with E-state index in [1.807, 2.05) is 12.1 Å². The fraction of sp³-hybridized carbons (Fsp3) is 0.500. The molecule has 0 aliphatic carbocycles. The number of hydrogen-bond acceptors (Lipinski definition) is 3. The lowest BCUT2D eigenvalue weighted by atomic mass is 10.1. The van der Waals surface area contributed by atoms with Gasteiger partial charge < -0.3 is 10.2 Å². The zero-order valence-electron chi connectivity index (χ0n) is 10.2. The Bertz CT molecular complexity index is 371. The minimum absolute atomic E-state index is 0.494. The molecule has 1 heterocycles. The molecule has 17 heavy (non-hydrogen) atoms. The first kappa shape index (κ1) is 11.9. The summed E-state index contributed by atoms with van der Waals surface area (Å²) < 4.78 is 0. The number of nitrogens with zero attached hydrogens (tertiary/aromatic N) is 2. The van der Waals surface area contributed by atoms with Gasteiger partial charge in [-0.2, -0.15) is 5.26 Å². The van der Waals surface area contributed by atoms with Crippen molar-refractivity contribution in [2.24, 2.45) is 0 Å². The van der Waals surface area contributed by atoms with Crippen molar-refractivity contribution in [2.45, 2.75) is 19.3 Å². The summed E-state index contributed by atoms with van der Waals surface area (Å²) in [4.78, 5) is 2.50. The van der Waals surface area contributed by atoms with Gasteiger partial charge in [0.05, 0.1) is 12.5 Å². The van der Waals surface area contributed by atoms with E-state index in [4.69, 9.17) is 5.26 Å².